The molecule has 0 aliphatic rings. The average Bonchev–Trinajstić information content (AvgIpc) is 2.57. The molecule has 6 heteroatoms. The maximum atomic E-state index is 13.3. The molecular formula is C18H16F2N4. The highest BCUT2D eigenvalue weighted by molar-refractivity contribution is 5.57. The molecular weight excluding hydrogens is 310 g/mol. The number of aromatic nitrogens is 2. The van der Waals surface area contributed by atoms with Crippen LogP contribution in [-0.4, -0.2) is 9.97 Å². The summed E-state index contributed by atoms with van der Waals surface area (Å²) in [5.74, 6) is -0.828. The molecule has 3 rings (SSSR count). The van der Waals surface area contributed by atoms with Gasteiger partial charge in [-0.15, -0.1) is 0 Å². The van der Waals surface area contributed by atoms with Gasteiger partial charge >= 0.3 is 0 Å². The first-order valence-electron chi connectivity index (χ1n) is 7.46. The smallest absolute Gasteiger partial charge is 0.225 e. The topological polar surface area (TPSA) is 49.8 Å². The van der Waals surface area contributed by atoms with Gasteiger partial charge in [0.15, 0.2) is 11.6 Å². The summed E-state index contributed by atoms with van der Waals surface area (Å²) in [6, 6.07) is 15.2. The molecule has 1 aromatic heterocycles. The molecule has 1 heterocycles. The largest absolute Gasteiger partial charge is 0.350 e. The normalized spacial score (nSPS) is 10.5. The van der Waals surface area contributed by atoms with Crippen molar-refractivity contribution in [2.24, 2.45) is 0 Å². The molecule has 0 atom stereocenters. The first-order valence-corrected chi connectivity index (χ1v) is 7.46. The van der Waals surface area contributed by atoms with E-state index in [1.807, 2.05) is 37.3 Å². The van der Waals surface area contributed by atoms with Gasteiger partial charge in [0.25, 0.3) is 0 Å². The van der Waals surface area contributed by atoms with Crippen LogP contribution >= 0.6 is 0 Å². The van der Waals surface area contributed by atoms with Crippen LogP contribution in [0, 0.1) is 18.6 Å². The number of anilines is 3. The zero-order valence-electron chi connectivity index (χ0n) is 13.1. The second-order valence-corrected chi connectivity index (χ2v) is 5.31. The van der Waals surface area contributed by atoms with E-state index in [0.29, 0.717) is 24.0 Å². The van der Waals surface area contributed by atoms with Gasteiger partial charge in [0.05, 0.1) is 0 Å². The Morgan fingerprint density at radius 2 is 1.71 bits per heavy atom. The van der Waals surface area contributed by atoms with Crippen LogP contribution in [0.5, 0.6) is 0 Å². The van der Waals surface area contributed by atoms with Gasteiger partial charge in [-0.25, -0.2) is 13.8 Å². The molecule has 0 aliphatic heterocycles. The minimum absolute atomic E-state index is 0.418. The molecule has 2 N–H and O–H groups in total. The molecule has 0 fully saturated rings. The van der Waals surface area contributed by atoms with Gasteiger partial charge in [-0.2, -0.15) is 4.98 Å². The van der Waals surface area contributed by atoms with Crippen LogP contribution in [0.15, 0.2) is 54.6 Å². The summed E-state index contributed by atoms with van der Waals surface area (Å²) in [5, 5.41) is 6.11. The first-order chi connectivity index (χ1) is 11.6. The lowest BCUT2D eigenvalue weighted by Gasteiger charge is -2.10. The van der Waals surface area contributed by atoms with E-state index < -0.39 is 11.6 Å². The lowest BCUT2D eigenvalue weighted by atomic mass is 10.2. The Morgan fingerprint density at radius 1 is 0.917 bits per heavy atom. The van der Waals surface area contributed by atoms with E-state index in [-0.39, 0.29) is 0 Å². The predicted octanol–water partition coefficient (Wildman–Crippen LogP) is 4.42. The van der Waals surface area contributed by atoms with E-state index in [0.717, 1.165) is 23.4 Å². The van der Waals surface area contributed by atoms with Crippen molar-refractivity contribution >= 4 is 17.5 Å². The van der Waals surface area contributed by atoms with Crippen molar-refractivity contribution in [3.63, 3.8) is 0 Å². The molecule has 2 aromatic carbocycles. The van der Waals surface area contributed by atoms with Crippen LogP contribution in [-0.2, 0) is 6.54 Å². The zero-order valence-corrected chi connectivity index (χ0v) is 13.1. The maximum absolute atomic E-state index is 13.3. The number of nitrogens with zero attached hydrogens (tertiary/aromatic N) is 2. The number of rotatable bonds is 5. The molecule has 0 saturated heterocycles. The second kappa shape index (κ2) is 7.04. The third kappa shape index (κ3) is 4.04. The van der Waals surface area contributed by atoms with Crippen LogP contribution < -0.4 is 10.6 Å². The minimum atomic E-state index is -0.909. The standard InChI is InChI=1S/C18H16F2N4/c1-12-9-17(23-14-7-8-15(19)16(20)10-14)24-18(22-12)21-11-13-5-3-2-4-6-13/h2-10H,11H2,1H3,(H2,21,22,23,24). The fourth-order valence-corrected chi connectivity index (χ4v) is 2.21. The number of nitrogens with one attached hydrogen (secondary N) is 2. The van der Waals surface area contributed by atoms with Crippen LogP contribution in [0.2, 0.25) is 0 Å². The van der Waals surface area contributed by atoms with Crippen LogP contribution in [0.4, 0.5) is 26.2 Å². The van der Waals surface area contributed by atoms with Gasteiger partial charge in [0.2, 0.25) is 5.95 Å². The Hall–Kier alpha value is -3.02. The van der Waals surface area contributed by atoms with Crippen molar-refractivity contribution in [1.29, 1.82) is 0 Å². The quantitative estimate of drug-likeness (QED) is 0.729. The number of hydrogen-bond acceptors (Lipinski definition) is 4. The fraction of sp³-hybridized carbons (Fsp3) is 0.111. The third-order valence-corrected chi connectivity index (χ3v) is 3.34. The number of aryl methyl sites for hydroxylation is 1. The lowest BCUT2D eigenvalue weighted by Crippen LogP contribution is -2.06. The predicted molar refractivity (Wildman–Crippen MR) is 90.2 cm³/mol. The summed E-state index contributed by atoms with van der Waals surface area (Å²) in [6.45, 7) is 2.43. The summed E-state index contributed by atoms with van der Waals surface area (Å²) in [6.07, 6.45) is 0. The van der Waals surface area contributed by atoms with E-state index in [2.05, 4.69) is 20.6 Å². The fourth-order valence-electron chi connectivity index (χ4n) is 2.21. The average molecular weight is 326 g/mol. The van der Waals surface area contributed by atoms with Gasteiger partial charge < -0.3 is 10.6 Å². The van der Waals surface area contributed by atoms with E-state index in [9.17, 15) is 8.78 Å². The molecule has 3 aromatic rings. The number of halogens is 2. The van der Waals surface area contributed by atoms with Crippen LogP contribution in [0.1, 0.15) is 11.3 Å². The van der Waals surface area contributed by atoms with E-state index >= 15 is 0 Å². The highest BCUT2D eigenvalue weighted by Crippen LogP contribution is 2.19. The summed E-state index contributed by atoms with van der Waals surface area (Å²) in [7, 11) is 0. The Labute approximate surface area is 138 Å². The van der Waals surface area contributed by atoms with E-state index in [1.165, 1.54) is 6.07 Å². The molecule has 0 aliphatic carbocycles. The molecule has 0 saturated carbocycles. The van der Waals surface area contributed by atoms with Gasteiger partial charge in [-0.1, -0.05) is 30.3 Å². The van der Waals surface area contributed by atoms with Crippen LogP contribution in [0.25, 0.3) is 0 Å². The molecule has 0 bridgehead atoms. The zero-order chi connectivity index (χ0) is 16.9. The molecule has 0 unspecified atom stereocenters. The van der Waals surface area contributed by atoms with Crippen molar-refractivity contribution in [1.82, 2.24) is 9.97 Å². The summed E-state index contributed by atoms with van der Waals surface area (Å²) >= 11 is 0. The Kier molecular flexibility index (Phi) is 4.65. The summed E-state index contributed by atoms with van der Waals surface area (Å²) in [5.41, 5.74) is 2.28. The SMILES string of the molecule is Cc1cc(Nc2ccc(F)c(F)c2)nc(NCc2ccccc2)n1. The second-order valence-electron chi connectivity index (χ2n) is 5.31. The molecule has 4 nitrogen and oxygen atoms in total. The Morgan fingerprint density at radius 3 is 2.46 bits per heavy atom. The molecule has 0 radical (unpaired) electrons. The molecule has 24 heavy (non-hydrogen) atoms. The van der Waals surface area contributed by atoms with Crippen molar-refractivity contribution in [3.8, 4) is 0 Å². The van der Waals surface area contributed by atoms with Crippen molar-refractivity contribution in [2.45, 2.75) is 13.5 Å². The summed E-state index contributed by atoms with van der Waals surface area (Å²) < 4.78 is 26.3. The number of hydrogen-bond donors (Lipinski definition) is 2. The molecule has 0 spiro atoms. The van der Waals surface area contributed by atoms with Gasteiger partial charge in [0, 0.05) is 30.1 Å². The van der Waals surface area contributed by atoms with Gasteiger partial charge in [-0.05, 0) is 24.6 Å². The van der Waals surface area contributed by atoms with Crippen molar-refractivity contribution in [2.75, 3.05) is 10.6 Å². The van der Waals surface area contributed by atoms with Crippen LogP contribution in [0.3, 0.4) is 0 Å². The molecule has 0 amide bonds. The number of benzene rings is 2. The lowest BCUT2D eigenvalue weighted by molar-refractivity contribution is 0.509. The highest BCUT2D eigenvalue weighted by Gasteiger charge is 2.06. The summed E-state index contributed by atoms with van der Waals surface area (Å²) in [4.78, 5) is 8.67. The van der Waals surface area contributed by atoms with E-state index in [1.54, 1.807) is 6.07 Å². The third-order valence-electron chi connectivity index (χ3n) is 3.34. The van der Waals surface area contributed by atoms with E-state index in [4.69, 9.17) is 0 Å². The Bertz CT molecular complexity index is 838. The molecule has 122 valence electrons. The minimum Gasteiger partial charge on any atom is -0.350 e. The maximum Gasteiger partial charge on any atom is 0.225 e. The van der Waals surface area contributed by atoms with Gasteiger partial charge in [-0.3, -0.25) is 0 Å². The highest BCUT2D eigenvalue weighted by atomic mass is 19.2. The Balaban J connectivity index is 1.74. The van der Waals surface area contributed by atoms with Gasteiger partial charge in [0.1, 0.15) is 5.82 Å². The van der Waals surface area contributed by atoms with Crippen molar-refractivity contribution < 1.29 is 8.78 Å². The van der Waals surface area contributed by atoms with Crippen molar-refractivity contribution in [3.05, 3.63) is 77.5 Å². The first kappa shape index (κ1) is 15.9. The monoisotopic (exact) mass is 326 g/mol.